The second-order valence-corrected chi connectivity index (χ2v) is 6.94. The number of rotatable bonds is 5. The fourth-order valence-corrected chi connectivity index (χ4v) is 3.02. The van der Waals surface area contributed by atoms with Crippen molar-refractivity contribution in [2.24, 2.45) is 11.1 Å². The lowest BCUT2D eigenvalue weighted by atomic mass is 10.0. The van der Waals surface area contributed by atoms with Crippen LogP contribution in [0.25, 0.3) is 0 Å². The lowest BCUT2D eigenvalue weighted by Gasteiger charge is -2.20. The van der Waals surface area contributed by atoms with Gasteiger partial charge in [-0.1, -0.05) is 13.8 Å². The van der Waals surface area contributed by atoms with Gasteiger partial charge in [0.05, 0.1) is 4.90 Å². The van der Waals surface area contributed by atoms with Gasteiger partial charge >= 0.3 is 0 Å². The Morgan fingerprint density at radius 1 is 1.26 bits per heavy atom. The van der Waals surface area contributed by atoms with Crippen LogP contribution in [0.2, 0.25) is 0 Å². The fourth-order valence-electron chi connectivity index (χ4n) is 2.19. The summed E-state index contributed by atoms with van der Waals surface area (Å²) in [6.45, 7) is 8.06. The molecule has 19 heavy (non-hydrogen) atoms. The van der Waals surface area contributed by atoms with Crippen molar-refractivity contribution < 1.29 is 8.42 Å². The van der Waals surface area contributed by atoms with Crippen LogP contribution in [0.5, 0.6) is 0 Å². The third-order valence-corrected chi connectivity index (χ3v) is 3.95. The standard InChI is InChI=1S/C13H23N3O2S/c1-8(2)5-9(3)16-12-6-11(14)7-13(10(12)4)19(15,17)18/h6-9,16H,5,14H2,1-4H3,(H2,15,17,18). The molecule has 1 unspecified atom stereocenters. The fraction of sp³-hybridized carbons (Fsp3) is 0.538. The summed E-state index contributed by atoms with van der Waals surface area (Å²) in [7, 11) is -3.76. The summed E-state index contributed by atoms with van der Waals surface area (Å²) in [4.78, 5) is 0.0757. The van der Waals surface area contributed by atoms with Crippen molar-refractivity contribution in [2.75, 3.05) is 11.1 Å². The van der Waals surface area contributed by atoms with E-state index in [1.807, 2.05) is 0 Å². The van der Waals surface area contributed by atoms with Crippen LogP contribution in [-0.2, 0) is 10.0 Å². The average Bonchev–Trinajstić information content (AvgIpc) is 2.19. The van der Waals surface area contributed by atoms with E-state index in [1.54, 1.807) is 13.0 Å². The molecule has 0 aliphatic carbocycles. The number of nitrogen functional groups attached to an aromatic ring is 1. The van der Waals surface area contributed by atoms with Gasteiger partial charge < -0.3 is 11.1 Å². The molecule has 6 heteroatoms. The molecular weight excluding hydrogens is 262 g/mol. The van der Waals surface area contributed by atoms with Gasteiger partial charge in [0, 0.05) is 17.4 Å². The van der Waals surface area contributed by atoms with E-state index in [9.17, 15) is 8.42 Å². The van der Waals surface area contributed by atoms with Gasteiger partial charge in [-0.15, -0.1) is 0 Å². The zero-order valence-electron chi connectivity index (χ0n) is 11.9. The van der Waals surface area contributed by atoms with Gasteiger partial charge in [-0.3, -0.25) is 0 Å². The number of sulfonamides is 1. The highest BCUT2D eigenvalue weighted by molar-refractivity contribution is 7.89. The van der Waals surface area contributed by atoms with Crippen LogP contribution in [0.1, 0.15) is 32.8 Å². The average molecular weight is 285 g/mol. The molecule has 1 aromatic rings. The molecule has 0 aliphatic heterocycles. The van der Waals surface area contributed by atoms with Crippen molar-refractivity contribution >= 4 is 21.4 Å². The molecule has 1 atom stereocenters. The lowest BCUT2D eigenvalue weighted by Crippen LogP contribution is -2.20. The maximum Gasteiger partial charge on any atom is 0.238 e. The highest BCUT2D eigenvalue weighted by atomic mass is 32.2. The van der Waals surface area contributed by atoms with Crippen LogP contribution in [0, 0.1) is 12.8 Å². The van der Waals surface area contributed by atoms with Crippen LogP contribution >= 0.6 is 0 Å². The van der Waals surface area contributed by atoms with E-state index >= 15 is 0 Å². The number of nitrogens with one attached hydrogen (secondary N) is 1. The molecule has 0 heterocycles. The predicted molar refractivity (Wildman–Crippen MR) is 79.5 cm³/mol. The number of primary sulfonamides is 1. The topological polar surface area (TPSA) is 98.2 Å². The Kier molecular flexibility index (Phi) is 4.81. The molecule has 0 spiro atoms. The summed E-state index contributed by atoms with van der Waals surface area (Å²) in [5.74, 6) is 0.557. The van der Waals surface area contributed by atoms with Crippen LogP contribution < -0.4 is 16.2 Å². The van der Waals surface area contributed by atoms with E-state index in [4.69, 9.17) is 10.9 Å². The summed E-state index contributed by atoms with van der Waals surface area (Å²) in [6, 6.07) is 3.36. The summed E-state index contributed by atoms with van der Waals surface area (Å²) >= 11 is 0. The lowest BCUT2D eigenvalue weighted by molar-refractivity contribution is 0.539. The number of nitrogens with two attached hydrogens (primary N) is 2. The third kappa shape index (κ3) is 4.40. The van der Waals surface area contributed by atoms with Crippen LogP contribution in [-0.4, -0.2) is 14.5 Å². The summed E-state index contributed by atoms with van der Waals surface area (Å²) in [6.07, 6.45) is 0.985. The summed E-state index contributed by atoms with van der Waals surface area (Å²) in [5.41, 5.74) is 7.45. The second-order valence-electron chi connectivity index (χ2n) is 5.41. The number of benzene rings is 1. The molecule has 0 aromatic heterocycles. The van der Waals surface area contributed by atoms with Crippen molar-refractivity contribution in [1.29, 1.82) is 0 Å². The molecule has 0 fully saturated rings. The molecule has 5 nitrogen and oxygen atoms in total. The third-order valence-electron chi connectivity index (χ3n) is 2.92. The minimum Gasteiger partial charge on any atom is -0.399 e. The molecule has 0 aliphatic rings. The maximum atomic E-state index is 11.5. The highest BCUT2D eigenvalue weighted by Crippen LogP contribution is 2.27. The smallest absolute Gasteiger partial charge is 0.238 e. The number of hydrogen-bond acceptors (Lipinski definition) is 4. The van der Waals surface area contributed by atoms with Crippen LogP contribution in [0.3, 0.4) is 0 Å². The number of hydrogen-bond donors (Lipinski definition) is 3. The SMILES string of the molecule is Cc1c(NC(C)CC(C)C)cc(N)cc1S(N)(=O)=O. The van der Waals surface area contributed by atoms with E-state index in [-0.39, 0.29) is 10.9 Å². The van der Waals surface area contributed by atoms with Gasteiger partial charge in [0.2, 0.25) is 10.0 Å². The Morgan fingerprint density at radius 3 is 2.32 bits per heavy atom. The van der Waals surface area contributed by atoms with E-state index in [0.29, 0.717) is 17.2 Å². The van der Waals surface area contributed by atoms with Crippen molar-refractivity contribution in [3.8, 4) is 0 Å². The molecule has 0 radical (unpaired) electrons. The van der Waals surface area contributed by atoms with Crippen LogP contribution in [0.4, 0.5) is 11.4 Å². The molecule has 1 rings (SSSR count). The van der Waals surface area contributed by atoms with E-state index in [1.165, 1.54) is 6.07 Å². The first kappa shape index (κ1) is 15.8. The first-order chi connectivity index (χ1) is 8.61. The second kappa shape index (κ2) is 5.79. The minimum atomic E-state index is -3.76. The maximum absolute atomic E-state index is 11.5. The zero-order valence-corrected chi connectivity index (χ0v) is 12.7. The van der Waals surface area contributed by atoms with Crippen molar-refractivity contribution in [3.63, 3.8) is 0 Å². The molecule has 108 valence electrons. The van der Waals surface area contributed by atoms with Crippen molar-refractivity contribution in [3.05, 3.63) is 17.7 Å². The normalized spacial score (nSPS) is 13.6. The first-order valence-corrected chi connectivity index (χ1v) is 7.85. The van der Waals surface area contributed by atoms with Gasteiger partial charge in [-0.2, -0.15) is 0 Å². The first-order valence-electron chi connectivity index (χ1n) is 6.30. The van der Waals surface area contributed by atoms with E-state index < -0.39 is 10.0 Å². The predicted octanol–water partition coefficient (Wildman–Crippen LogP) is 2.07. The molecule has 0 saturated carbocycles. The Balaban J connectivity index is 3.12. The summed E-state index contributed by atoms with van der Waals surface area (Å²) < 4.78 is 23.0. The van der Waals surface area contributed by atoms with Gasteiger partial charge in [-0.05, 0) is 43.9 Å². The quantitative estimate of drug-likeness (QED) is 0.721. The van der Waals surface area contributed by atoms with E-state index in [0.717, 1.165) is 12.1 Å². The van der Waals surface area contributed by atoms with Gasteiger partial charge in [-0.25, -0.2) is 13.6 Å². The van der Waals surface area contributed by atoms with Crippen molar-refractivity contribution in [2.45, 2.75) is 45.1 Å². The van der Waals surface area contributed by atoms with Gasteiger partial charge in [0.15, 0.2) is 0 Å². The summed E-state index contributed by atoms with van der Waals surface area (Å²) in [5, 5.41) is 8.49. The molecule has 0 saturated heterocycles. The molecule has 0 bridgehead atoms. The minimum absolute atomic E-state index is 0.0757. The van der Waals surface area contributed by atoms with E-state index in [2.05, 4.69) is 26.1 Å². The monoisotopic (exact) mass is 285 g/mol. The van der Waals surface area contributed by atoms with Gasteiger partial charge in [0.25, 0.3) is 0 Å². The van der Waals surface area contributed by atoms with Crippen molar-refractivity contribution in [1.82, 2.24) is 0 Å². The highest BCUT2D eigenvalue weighted by Gasteiger charge is 2.16. The molecule has 5 N–H and O–H groups in total. The Labute approximate surface area is 115 Å². The Morgan fingerprint density at radius 2 is 1.84 bits per heavy atom. The Bertz CT molecular complexity index is 553. The van der Waals surface area contributed by atoms with Crippen LogP contribution in [0.15, 0.2) is 17.0 Å². The molecule has 1 aromatic carbocycles. The largest absolute Gasteiger partial charge is 0.399 e. The zero-order chi connectivity index (χ0) is 14.8. The van der Waals surface area contributed by atoms with Gasteiger partial charge in [0.1, 0.15) is 0 Å². The Hall–Kier alpha value is -1.27. The number of anilines is 2. The molecular formula is C13H23N3O2S. The molecule has 0 amide bonds.